The highest BCUT2D eigenvalue weighted by atomic mass is 35.5. The predicted molar refractivity (Wildman–Crippen MR) is 59.3 cm³/mol. The Kier molecular flexibility index (Phi) is 5.41. The molecule has 6 nitrogen and oxygen atoms in total. The van der Waals surface area contributed by atoms with Gasteiger partial charge in [0, 0.05) is 19.7 Å². The van der Waals surface area contributed by atoms with Crippen LogP contribution in [0.2, 0.25) is 5.15 Å². The van der Waals surface area contributed by atoms with Gasteiger partial charge in [-0.1, -0.05) is 11.6 Å². The number of aliphatic hydroxyl groups excluding tert-OH is 2. The SMILES string of the molecule is COCc1nc(Cl)cc(NCC(O)CO)n1. The maximum absolute atomic E-state index is 9.15. The number of ether oxygens (including phenoxy) is 1. The third kappa shape index (κ3) is 4.28. The molecule has 0 amide bonds. The maximum atomic E-state index is 9.15. The van der Waals surface area contributed by atoms with Crippen LogP contribution in [0.5, 0.6) is 0 Å². The summed E-state index contributed by atoms with van der Waals surface area (Å²) in [6.07, 6.45) is -0.834. The van der Waals surface area contributed by atoms with Gasteiger partial charge in [0.1, 0.15) is 17.6 Å². The zero-order valence-corrected chi connectivity index (χ0v) is 9.61. The zero-order valence-electron chi connectivity index (χ0n) is 8.85. The van der Waals surface area contributed by atoms with E-state index in [0.29, 0.717) is 16.8 Å². The summed E-state index contributed by atoms with van der Waals surface area (Å²) in [6, 6.07) is 1.53. The Labute approximate surface area is 98.3 Å². The van der Waals surface area contributed by atoms with Crippen molar-refractivity contribution < 1.29 is 14.9 Å². The van der Waals surface area contributed by atoms with Crippen molar-refractivity contribution in [3.05, 3.63) is 17.0 Å². The van der Waals surface area contributed by atoms with Gasteiger partial charge in [0.15, 0.2) is 5.82 Å². The minimum Gasteiger partial charge on any atom is -0.394 e. The van der Waals surface area contributed by atoms with Crippen LogP contribution in [0, 0.1) is 0 Å². The fraction of sp³-hybridized carbons (Fsp3) is 0.556. The molecule has 3 N–H and O–H groups in total. The lowest BCUT2D eigenvalue weighted by atomic mass is 10.4. The molecule has 1 aromatic rings. The molecule has 1 heterocycles. The number of aliphatic hydroxyl groups is 2. The Bertz CT molecular complexity index is 338. The first kappa shape index (κ1) is 13.1. The number of hydrogen-bond donors (Lipinski definition) is 3. The second kappa shape index (κ2) is 6.59. The number of nitrogens with zero attached hydrogens (tertiary/aromatic N) is 2. The standard InChI is InChI=1S/C9H14ClN3O3/c1-16-5-9-12-7(10)2-8(13-9)11-3-6(15)4-14/h2,6,14-15H,3-5H2,1H3,(H,11,12,13). The highest BCUT2D eigenvalue weighted by Gasteiger charge is 2.05. The third-order valence-corrected chi connectivity index (χ3v) is 1.94. The van der Waals surface area contributed by atoms with E-state index < -0.39 is 6.10 Å². The van der Waals surface area contributed by atoms with Gasteiger partial charge in [-0.15, -0.1) is 0 Å². The topological polar surface area (TPSA) is 87.5 Å². The van der Waals surface area contributed by atoms with E-state index in [1.807, 2.05) is 0 Å². The number of halogens is 1. The molecule has 0 aliphatic rings. The summed E-state index contributed by atoms with van der Waals surface area (Å²) >= 11 is 5.78. The molecule has 0 fully saturated rings. The molecule has 0 radical (unpaired) electrons. The number of nitrogens with one attached hydrogen (secondary N) is 1. The maximum Gasteiger partial charge on any atom is 0.158 e. The van der Waals surface area contributed by atoms with Crippen molar-refractivity contribution in [3.8, 4) is 0 Å². The summed E-state index contributed by atoms with van der Waals surface area (Å²) in [7, 11) is 1.53. The van der Waals surface area contributed by atoms with Crippen molar-refractivity contribution in [1.82, 2.24) is 9.97 Å². The van der Waals surface area contributed by atoms with E-state index in [2.05, 4.69) is 15.3 Å². The number of methoxy groups -OCH3 is 1. The number of hydrogen-bond acceptors (Lipinski definition) is 6. The molecular weight excluding hydrogens is 234 g/mol. The van der Waals surface area contributed by atoms with E-state index >= 15 is 0 Å². The van der Waals surface area contributed by atoms with Gasteiger partial charge in [0.2, 0.25) is 0 Å². The molecule has 1 rings (SSSR count). The Balaban J connectivity index is 2.64. The first-order valence-corrected chi connectivity index (χ1v) is 5.08. The van der Waals surface area contributed by atoms with Crippen LogP contribution in [0.4, 0.5) is 5.82 Å². The smallest absolute Gasteiger partial charge is 0.158 e. The molecule has 7 heteroatoms. The van der Waals surface area contributed by atoms with Gasteiger partial charge in [0.25, 0.3) is 0 Å². The first-order valence-electron chi connectivity index (χ1n) is 4.71. The number of aromatic nitrogens is 2. The Morgan fingerprint density at radius 3 is 2.94 bits per heavy atom. The average molecular weight is 248 g/mol. The Morgan fingerprint density at radius 2 is 2.31 bits per heavy atom. The van der Waals surface area contributed by atoms with Gasteiger partial charge in [0.05, 0.1) is 12.7 Å². The quantitative estimate of drug-likeness (QED) is 0.616. The predicted octanol–water partition coefficient (Wildman–Crippen LogP) is 0.0415. The van der Waals surface area contributed by atoms with E-state index in [1.165, 1.54) is 13.2 Å². The normalized spacial score (nSPS) is 12.5. The minimum absolute atomic E-state index is 0.191. The monoisotopic (exact) mass is 247 g/mol. The van der Waals surface area contributed by atoms with Gasteiger partial charge >= 0.3 is 0 Å². The number of rotatable bonds is 6. The van der Waals surface area contributed by atoms with E-state index in [9.17, 15) is 0 Å². The molecule has 0 saturated carbocycles. The van der Waals surface area contributed by atoms with E-state index in [1.54, 1.807) is 0 Å². The fourth-order valence-corrected chi connectivity index (χ4v) is 1.24. The summed E-state index contributed by atoms with van der Waals surface area (Å²) in [5.74, 6) is 0.940. The summed E-state index contributed by atoms with van der Waals surface area (Å²) in [5.41, 5.74) is 0. The van der Waals surface area contributed by atoms with Crippen LogP contribution in [0.1, 0.15) is 5.82 Å². The molecule has 1 atom stereocenters. The van der Waals surface area contributed by atoms with Crippen LogP contribution in [-0.2, 0) is 11.3 Å². The van der Waals surface area contributed by atoms with Crippen molar-refractivity contribution in [2.45, 2.75) is 12.7 Å². The summed E-state index contributed by atoms with van der Waals surface area (Å²) in [5, 5.41) is 20.9. The fourth-order valence-electron chi connectivity index (χ4n) is 1.04. The lowest BCUT2D eigenvalue weighted by Crippen LogP contribution is -2.23. The van der Waals surface area contributed by atoms with Crippen LogP contribution >= 0.6 is 11.6 Å². The minimum atomic E-state index is -0.834. The lowest BCUT2D eigenvalue weighted by molar-refractivity contribution is 0.105. The molecule has 90 valence electrons. The second-order valence-electron chi connectivity index (χ2n) is 3.14. The van der Waals surface area contributed by atoms with E-state index in [0.717, 1.165) is 0 Å². The molecule has 0 spiro atoms. The molecule has 0 aliphatic heterocycles. The van der Waals surface area contributed by atoms with Crippen LogP contribution < -0.4 is 5.32 Å². The Hall–Kier alpha value is -0.950. The van der Waals surface area contributed by atoms with Crippen molar-refractivity contribution in [2.24, 2.45) is 0 Å². The second-order valence-corrected chi connectivity index (χ2v) is 3.53. The molecule has 1 aromatic heterocycles. The van der Waals surface area contributed by atoms with Gasteiger partial charge in [-0.05, 0) is 0 Å². The molecule has 0 bridgehead atoms. The number of anilines is 1. The lowest BCUT2D eigenvalue weighted by Gasteiger charge is -2.10. The molecule has 0 aliphatic carbocycles. The van der Waals surface area contributed by atoms with Crippen LogP contribution in [0.3, 0.4) is 0 Å². The molecule has 16 heavy (non-hydrogen) atoms. The van der Waals surface area contributed by atoms with Crippen LogP contribution in [-0.4, -0.2) is 46.5 Å². The van der Waals surface area contributed by atoms with Crippen molar-refractivity contribution in [3.63, 3.8) is 0 Å². The van der Waals surface area contributed by atoms with Crippen molar-refractivity contribution >= 4 is 17.4 Å². The average Bonchev–Trinajstić information content (AvgIpc) is 2.25. The molecule has 1 unspecified atom stereocenters. The third-order valence-electron chi connectivity index (χ3n) is 1.74. The molecule has 0 aromatic carbocycles. The van der Waals surface area contributed by atoms with E-state index in [4.69, 9.17) is 26.6 Å². The first-order chi connectivity index (χ1) is 7.65. The largest absolute Gasteiger partial charge is 0.394 e. The summed E-state index contributed by atoms with van der Waals surface area (Å²) in [6.45, 7) is 0.144. The van der Waals surface area contributed by atoms with E-state index in [-0.39, 0.29) is 19.8 Å². The van der Waals surface area contributed by atoms with Crippen LogP contribution in [0.15, 0.2) is 6.07 Å². The van der Waals surface area contributed by atoms with Crippen molar-refractivity contribution in [1.29, 1.82) is 0 Å². The van der Waals surface area contributed by atoms with Gasteiger partial charge in [-0.25, -0.2) is 9.97 Å². The zero-order chi connectivity index (χ0) is 12.0. The molecular formula is C9H14ClN3O3. The summed E-state index contributed by atoms with van der Waals surface area (Å²) < 4.78 is 4.88. The Morgan fingerprint density at radius 1 is 1.56 bits per heavy atom. The van der Waals surface area contributed by atoms with Crippen molar-refractivity contribution in [2.75, 3.05) is 25.6 Å². The highest BCUT2D eigenvalue weighted by molar-refractivity contribution is 6.29. The van der Waals surface area contributed by atoms with Gasteiger partial charge < -0.3 is 20.3 Å². The van der Waals surface area contributed by atoms with Crippen LogP contribution in [0.25, 0.3) is 0 Å². The van der Waals surface area contributed by atoms with Gasteiger partial charge in [-0.2, -0.15) is 0 Å². The molecule has 0 saturated heterocycles. The highest BCUT2D eigenvalue weighted by Crippen LogP contribution is 2.11. The summed E-state index contributed by atoms with van der Waals surface area (Å²) in [4.78, 5) is 8.05. The van der Waals surface area contributed by atoms with Gasteiger partial charge in [-0.3, -0.25) is 0 Å².